The summed E-state index contributed by atoms with van der Waals surface area (Å²) in [5, 5.41) is 20.0. The number of halogens is 1. The van der Waals surface area contributed by atoms with Crippen molar-refractivity contribution in [3.8, 4) is 0 Å². The highest BCUT2D eigenvalue weighted by molar-refractivity contribution is 14.0. The first-order valence-corrected chi connectivity index (χ1v) is 10.5. The lowest BCUT2D eigenvalue weighted by molar-refractivity contribution is 0.0378. The summed E-state index contributed by atoms with van der Waals surface area (Å²) in [6, 6.07) is 11.2. The molecule has 0 aliphatic heterocycles. The molecule has 0 saturated heterocycles. The van der Waals surface area contributed by atoms with Crippen molar-refractivity contribution in [3.05, 3.63) is 59.0 Å². The number of hydrogen-bond acceptors (Lipinski definition) is 4. The number of furan rings is 1. The van der Waals surface area contributed by atoms with Gasteiger partial charge in [-0.15, -0.1) is 24.0 Å². The van der Waals surface area contributed by atoms with Gasteiger partial charge >= 0.3 is 0 Å². The average Bonchev–Trinajstić information content (AvgIpc) is 3.17. The Hall–Kier alpha value is -2.07. The van der Waals surface area contributed by atoms with Gasteiger partial charge < -0.3 is 25.5 Å². The maximum absolute atomic E-state index is 12.2. The summed E-state index contributed by atoms with van der Waals surface area (Å²) in [5.41, 5.74) is 0.466. The number of aryl methyl sites for hydroxylation is 1. The third kappa shape index (κ3) is 8.53. The molecular formula is C23H35IN4O3. The number of aliphatic hydroxyl groups is 1. The van der Waals surface area contributed by atoms with Crippen molar-refractivity contribution in [1.29, 1.82) is 0 Å². The third-order valence-corrected chi connectivity index (χ3v) is 4.84. The first kappa shape index (κ1) is 27.0. The minimum atomic E-state index is -1.16. The number of rotatable bonds is 9. The summed E-state index contributed by atoms with van der Waals surface area (Å²) in [5.74, 6) is 1.80. The molecule has 8 heteroatoms. The Morgan fingerprint density at radius 1 is 1.16 bits per heavy atom. The number of carbonyl (C=O) groups excluding carboxylic acids is 1. The van der Waals surface area contributed by atoms with Crippen LogP contribution >= 0.6 is 24.0 Å². The fraction of sp³-hybridized carbons (Fsp3) is 0.478. The lowest BCUT2D eigenvalue weighted by Crippen LogP contribution is -2.44. The number of amides is 1. The summed E-state index contributed by atoms with van der Waals surface area (Å²) in [4.78, 5) is 16.8. The molecular weight excluding hydrogens is 507 g/mol. The van der Waals surface area contributed by atoms with Gasteiger partial charge in [0.25, 0.3) is 5.91 Å². The minimum absolute atomic E-state index is 0. The van der Waals surface area contributed by atoms with Crippen LogP contribution in [0.4, 0.5) is 0 Å². The molecule has 2 aromatic rings. The molecule has 0 aliphatic carbocycles. The zero-order chi connectivity index (χ0) is 22.1. The smallest absolute Gasteiger partial charge is 0.251 e. The molecule has 1 aromatic heterocycles. The molecule has 1 aromatic carbocycles. The highest BCUT2D eigenvalue weighted by Crippen LogP contribution is 2.21. The minimum Gasteiger partial charge on any atom is -0.463 e. The predicted molar refractivity (Wildman–Crippen MR) is 135 cm³/mol. The van der Waals surface area contributed by atoms with Crippen LogP contribution in [-0.2, 0) is 12.1 Å². The molecule has 2 atom stereocenters. The van der Waals surface area contributed by atoms with Crippen LogP contribution in [0.5, 0.6) is 0 Å². The topological polar surface area (TPSA) is 98.9 Å². The maximum atomic E-state index is 12.2. The van der Waals surface area contributed by atoms with Crippen LogP contribution < -0.4 is 16.0 Å². The molecule has 0 aliphatic rings. The Kier molecular flexibility index (Phi) is 11.1. The highest BCUT2D eigenvalue weighted by atomic mass is 127. The van der Waals surface area contributed by atoms with Gasteiger partial charge in [0.15, 0.2) is 5.96 Å². The highest BCUT2D eigenvalue weighted by Gasteiger charge is 2.27. The lowest BCUT2D eigenvalue weighted by Gasteiger charge is -2.22. The van der Waals surface area contributed by atoms with Gasteiger partial charge in [0.1, 0.15) is 17.1 Å². The van der Waals surface area contributed by atoms with Crippen molar-refractivity contribution < 1.29 is 14.3 Å². The van der Waals surface area contributed by atoms with Gasteiger partial charge in [-0.05, 0) is 63.9 Å². The van der Waals surface area contributed by atoms with Crippen molar-refractivity contribution in [3.63, 3.8) is 0 Å². The summed E-state index contributed by atoms with van der Waals surface area (Å²) >= 11 is 0. The van der Waals surface area contributed by atoms with Crippen LogP contribution in [0.25, 0.3) is 0 Å². The van der Waals surface area contributed by atoms with E-state index in [1.165, 1.54) is 0 Å². The number of carbonyl (C=O) groups is 1. The largest absolute Gasteiger partial charge is 0.463 e. The molecule has 0 saturated carbocycles. The van der Waals surface area contributed by atoms with Gasteiger partial charge in [0.05, 0.1) is 13.1 Å². The fourth-order valence-electron chi connectivity index (χ4n) is 2.75. The van der Waals surface area contributed by atoms with Gasteiger partial charge in [-0.25, -0.2) is 4.99 Å². The second-order valence-electron chi connectivity index (χ2n) is 7.71. The zero-order valence-electron chi connectivity index (χ0n) is 19.0. The third-order valence-electron chi connectivity index (χ3n) is 4.84. The monoisotopic (exact) mass is 542 g/mol. The molecule has 1 heterocycles. The van der Waals surface area contributed by atoms with Crippen LogP contribution in [-0.4, -0.2) is 36.1 Å². The van der Waals surface area contributed by atoms with Gasteiger partial charge in [0.2, 0.25) is 0 Å². The summed E-state index contributed by atoms with van der Waals surface area (Å²) in [6.07, 6.45) is 0.894. The first-order chi connectivity index (χ1) is 14.2. The van der Waals surface area contributed by atoms with E-state index in [0.717, 1.165) is 17.7 Å². The van der Waals surface area contributed by atoms with Gasteiger partial charge in [-0.3, -0.25) is 4.79 Å². The Balaban J connectivity index is 0.00000480. The van der Waals surface area contributed by atoms with E-state index in [1.807, 2.05) is 58.0 Å². The van der Waals surface area contributed by atoms with Crippen molar-refractivity contribution in [2.24, 2.45) is 4.99 Å². The predicted octanol–water partition coefficient (Wildman–Crippen LogP) is 3.70. The van der Waals surface area contributed by atoms with E-state index >= 15 is 0 Å². The quantitative estimate of drug-likeness (QED) is 0.220. The molecule has 2 unspecified atom stereocenters. The Morgan fingerprint density at radius 3 is 2.39 bits per heavy atom. The van der Waals surface area contributed by atoms with Crippen LogP contribution in [0.3, 0.4) is 0 Å². The van der Waals surface area contributed by atoms with Crippen molar-refractivity contribution in [2.75, 3.05) is 13.1 Å². The van der Waals surface area contributed by atoms with E-state index in [4.69, 9.17) is 4.42 Å². The molecule has 0 bridgehead atoms. The zero-order valence-corrected chi connectivity index (χ0v) is 21.3. The molecule has 7 nitrogen and oxygen atoms in total. The first-order valence-electron chi connectivity index (χ1n) is 10.5. The van der Waals surface area contributed by atoms with Crippen LogP contribution in [0.1, 0.15) is 61.6 Å². The molecule has 0 fully saturated rings. The number of nitrogens with zero attached hydrogens (tertiary/aromatic N) is 1. The normalized spacial score (nSPS) is 14.2. The van der Waals surface area contributed by atoms with E-state index in [-0.39, 0.29) is 42.5 Å². The van der Waals surface area contributed by atoms with Crippen molar-refractivity contribution in [2.45, 2.75) is 59.2 Å². The number of benzene rings is 1. The summed E-state index contributed by atoms with van der Waals surface area (Å²) in [6.45, 7) is 10.9. The number of guanidine groups is 1. The average molecular weight is 542 g/mol. The fourth-order valence-corrected chi connectivity index (χ4v) is 2.75. The van der Waals surface area contributed by atoms with Gasteiger partial charge in [-0.1, -0.05) is 19.1 Å². The van der Waals surface area contributed by atoms with Crippen molar-refractivity contribution in [1.82, 2.24) is 16.0 Å². The second kappa shape index (κ2) is 12.7. The molecule has 4 N–H and O–H groups in total. The van der Waals surface area contributed by atoms with E-state index in [2.05, 4.69) is 20.9 Å². The number of hydrogen-bond donors (Lipinski definition) is 4. The SMILES string of the molecule is CCNC(=NCc1ccc(C(=O)NC(C)CC)cc1)NCC(C)(O)c1ccc(C)o1.I. The van der Waals surface area contributed by atoms with Crippen molar-refractivity contribution >= 4 is 35.8 Å². The summed E-state index contributed by atoms with van der Waals surface area (Å²) < 4.78 is 5.55. The van der Waals surface area contributed by atoms with E-state index in [1.54, 1.807) is 13.0 Å². The van der Waals surface area contributed by atoms with Crippen LogP contribution in [0.2, 0.25) is 0 Å². The van der Waals surface area contributed by atoms with E-state index in [9.17, 15) is 9.90 Å². The second-order valence-corrected chi connectivity index (χ2v) is 7.71. The number of aliphatic imine (C=N–C) groups is 1. The number of nitrogens with one attached hydrogen (secondary N) is 3. The molecule has 0 spiro atoms. The molecule has 1 amide bonds. The van der Waals surface area contributed by atoms with Crippen LogP contribution in [0.15, 0.2) is 45.8 Å². The summed E-state index contributed by atoms with van der Waals surface area (Å²) in [7, 11) is 0. The van der Waals surface area contributed by atoms with E-state index in [0.29, 0.717) is 30.4 Å². The molecule has 172 valence electrons. The van der Waals surface area contributed by atoms with E-state index < -0.39 is 5.60 Å². The molecule has 2 rings (SSSR count). The Bertz CT molecular complexity index is 847. The Morgan fingerprint density at radius 2 is 1.84 bits per heavy atom. The molecule has 0 radical (unpaired) electrons. The van der Waals surface area contributed by atoms with Gasteiger partial charge in [-0.2, -0.15) is 0 Å². The maximum Gasteiger partial charge on any atom is 0.251 e. The Labute approximate surface area is 202 Å². The van der Waals surface area contributed by atoms with Gasteiger partial charge in [0, 0.05) is 18.2 Å². The molecule has 31 heavy (non-hydrogen) atoms. The lowest BCUT2D eigenvalue weighted by atomic mass is 10.0. The van der Waals surface area contributed by atoms with Crippen LogP contribution in [0, 0.1) is 6.92 Å². The standard InChI is InChI=1S/C23H34N4O3.HI/c1-6-16(3)27-21(28)19-11-9-18(10-12-19)14-25-22(24-7-2)26-15-23(5,29)20-13-8-17(4)30-20;/h8-13,16,29H,6-7,14-15H2,1-5H3,(H,27,28)(H2,24,25,26);1H.